The molecule has 24 heavy (non-hydrogen) atoms. The van der Waals surface area contributed by atoms with E-state index in [0.29, 0.717) is 13.0 Å². The molecule has 0 saturated carbocycles. The summed E-state index contributed by atoms with van der Waals surface area (Å²) in [6, 6.07) is 7.77. The average molecular weight is 329 g/mol. The van der Waals surface area contributed by atoms with Crippen LogP contribution in [0.25, 0.3) is 0 Å². The van der Waals surface area contributed by atoms with Crippen molar-refractivity contribution in [1.82, 2.24) is 10.2 Å². The number of nitrogens with one attached hydrogen (secondary N) is 1. The minimum atomic E-state index is -1.03. The Balaban J connectivity index is 2.42. The van der Waals surface area contributed by atoms with Gasteiger partial charge in [0.05, 0.1) is 5.41 Å². The average Bonchev–Trinajstić information content (AvgIpc) is 2.56. The first-order chi connectivity index (χ1) is 11.3. The van der Waals surface area contributed by atoms with Gasteiger partial charge in [-0.2, -0.15) is 0 Å². The van der Waals surface area contributed by atoms with E-state index >= 15 is 0 Å². The molecule has 6 heteroatoms. The number of benzene rings is 1. The maximum atomic E-state index is 12.7. The first kappa shape index (κ1) is 17.7. The van der Waals surface area contributed by atoms with Crippen LogP contribution in [0.15, 0.2) is 35.9 Å². The van der Waals surface area contributed by atoms with Gasteiger partial charge in [0, 0.05) is 20.1 Å². The van der Waals surface area contributed by atoms with Crippen LogP contribution in [-0.2, 0) is 20.9 Å². The van der Waals surface area contributed by atoms with E-state index in [1.807, 2.05) is 38.1 Å². The number of primary amides is 1. The van der Waals surface area contributed by atoms with Crippen LogP contribution in [0.4, 0.5) is 0 Å². The van der Waals surface area contributed by atoms with E-state index < -0.39 is 17.2 Å². The first-order valence-electron chi connectivity index (χ1n) is 7.92. The zero-order valence-corrected chi connectivity index (χ0v) is 14.3. The SMILES string of the molecule is CCC1(C(N)=O)C=C(C(=O)NC)C(=O)N(Cc2cccc(C)c2)C1. The lowest BCUT2D eigenvalue weighted by Gasteiger charge is -2.38. The molecule has 3 N–H and O–H groups in total. The van der Waals surface area contributed by atoms with Gasteiger partial charge in [-0.3, -0.25) is 14.4 Å². The largest absolute Gasteiger partial charge is 0.369 e. The fourth-order valence-corrected chi connectivity index (χ4v) is 2.96. The molecule has 0 fully saturated rings. The lowest BCUT2D eigenvalue weighted by Crippen LogP contribution is -2.52. The van der Waals surface area contributed by atoms with Crippen molar-refractivity contribution >= 4 is 17.7 Å². The van der Waals surface area contributed by atoms with Crippen LogP contribution in [0.5, 0.6) is 0 Å². The van der Waals surface area contributed by atoms with Crippen molar-refractivity contribution in [2.75, 3.05) is 13.6 Å². The number of nitrogens with zero attached hydrogens (tertiary/aromatic N) is 1. The third kappa shape index (κ3) is 3.32. The van der Waals surface area contributed by atoms with E-state index in [4.69, 9.17) is 5.73 Å². The number of rotatable bonds is 5. The maximum absolute atomic E-state index is 12.7. The summed E-state index contributed by atoms with van der Waals surface area (Å²) in [5.41, 5.74) is 6.55. The molecule has 1 aromatic rings. The van der Waals surface area contributed by atoms with Crippen molar-refractivity contribution in [1.29, 1.82) is 0 Å². The van der Waals surface area contributed by atoms with Gasteiger partial charge in [-0.25, -0.2) is 0 Å². The van der Waals surface area contributed by atoms with Crippen LogP contribution >= 0.6 is 0 Å². The Kier molecular flexibility index (Phi) is 5.07. The molecule has 1 atom stereocenters. The van der Waals surface area contributed by atoms with E-state index in [1.54, 1.807) is 0 Å². The molecule has 1 heterocycles. The molecular formula is C18H23N3O3. The highest BCUT2D eigenvalue weighted by Gasteiger charge is 2.43. The van der Waals surface area contributed by atoms with Crippen LogP contribution in [-0.4, -0.2) is 36.2 Å². The molecule has 1 unspecified atom stereocenters. The Morgan fingerprint density at radius 2 is 2.08 bits per heavy atom. The quantitative estimate of drug-likeness (QED) is 0.786. The number of nitrogens with two attached hydrogens (primary N) is 1. The molecule has 0 aliphatic carbocycles. The van der Waals surface area contributed by atoms with Crippen LogP contribution < -0.4 is 11.1 Å². The summed E-state index contributed by atoms with van der Waals surface area (Å²) in [5.74, 6) is -1.43. The van der Waals surface area contributed by atoms with Crippen LogP contribution in [0, 0.1) is 12.3 Å². The van der Waals surface area contributed by atoms with Gasteiger partial charge in [0.1, 0.15) is 5.57 Å². The third-order valence-corrected chi connectivity index (χ3v) is 4.46. The van der Waals surface area contributed by atoms with Crippen LogP contribution in [0.3, 0.4) is 0 Å². The standard InChI is InChI=1S/C18H23N3O3/c1-4-18(17(19)24)9-14(15(22)20-3)16(23)21(11-18)10-13-7-5-6-12(2)8-13/h5-9H,4,10-11H2,1-3H3,(H2,19,24)(H,20,22). The first-order valence-corrected chi connectivity index (χ1v) is 7.92. The summed E-state index contributed by atoms with van der Waals surface area (Å²) in [7, 11) is 1.45. The lowest BCUT2D eigenvalue weighted by atomic mass is 9.78. The molecule has 0 bridgehead atoms. The molecular weight excluding hydrogens is 306 g/mol. The van der Waals surface area contributed by atoms with E-state index in [-0.39, 0.29) is 18.0 Å². The van der Waals surface area contributed by atoms with Crippen LogP contribution in [0.2, 0.25) is 0 Å². The number of hydrogen-bond donors (Lipinski definition) is 2. The Morgan fingerprint density at radius 1 is 1.38 bits per heavy atom. The molecule has 0 radical (unpaired) electrons. The van der Waals surface area contributed by atoms with Gasteiger partial charge in [0.2, 0.25) is 5.91 Å². The highest BCUT2D eigenvalue weighted by atomic mass is 16.2. The predicted molar refractivity (Wildman–Crippen MR) is 90.7 cm³/mol. The summed E-state index contributed by atoms with van der Waals surface area (Å²) in [5, 5.41) is 2.45. The normalized spacial score (nSPS) is 20.5. The van der Waals surface area contributed by atoms with Crippen molar-refractivity contribution < 1.29 is 14.4 Å². The summed E-state index contributed by atoms with van der Waals surface area (Å²) in [6.07, 6.45) is 1.85. The van der Waals surface area contributed by atoms with E-state index in [9.17, 15) is 14.4 Å². The van der Waals surface area contributed by atoms with Gasteiger partial charge < -0.3 is 16.0 Å². The molecule has 1 aliphatic heterocycles. The zero-order valence-electron chi connectivity index (χ0n) is 14.3. The van der Waals surface area contributed by atoms with Gasteiger partial charge in [-0.15, -0.1) is 0 Å². The van der Waals surface area contributed by atoms with Crippen molar-refractivity contribution in [2.24, 2.45) is 11.1 Å². The minimum Gasteiger partial charge on any atom is -0.369 e. The van der Waals surface area contributed by atoms with E-state index in [2.05, 4.69) is 5.32 Å². The fraction of sp³-hybridized carbons (Fsp3) is 0.389. The van der Waals surface area contributed by atoms with Crippen molar-refractivity contribution in [3.05, 3.63) is 47.0 Å². The lowest BCUT2D eigenvalue weighted by molar-refractivity contribution is -0.136. The van der Waals surface area contributed by atoms with Crippen molar-refractivity contribution in [3.8, 4) is 0 Å². The van der Waals surface area contributed by atoms with Gasteiger partial charge in [-0.05, 0) is 25.0 Å². The number of carbonyl (C=O) groups excluding carboxylic acids is 3. The molecule has 128 valence electrons. The molecule has 0 spiro atoms. The third-order valence-electron chi connectivity index (χ3n) is 4.46. The Labute approximate surface area is 141 Å². The number of amides is 3. The molecule has 1 aromatic carbocycles. The second kappa shape index (κ2) is 6.86. The molecule has 3 amide bonds. The van der Waals surface area contributed by atoms with Gasteiger partial charge in [-0.1, -0.05) is 36.8 Å². The number of aryl methyl sites for hydroxylation is 1. The number of likely N-dealkylation sites (N-methyl/N-ethyl adjacent to an activating group) is 1. The predicted octanol–water partition coefficient (Wildman–Crippen LogP) is 0.891. The van der Waals surface area contributed by atoms with Gasteiger partial charge in [0.25, 0.3) is 11.8 Å². The molecule has 6 nitrogen and oxygen atoms in total. The minimum absolute atomic E-state index is 0.0305. The van der Waals surface area contributed by atoms with Gasteiger partial charge >= 0.3 is 0 Å². The summed E-state index contributed by atoms with van der Waals surface area (Å²) >= 11 is 0. The molecule has 0 saturated heterocycles. The van der Waals surface area contributed by atoms with E-state index in [1.165, 1.54) is 18.0 Å². The number of hydrogen-bond acceptors (Lipinski definition) is 3. The highest BCUT2D eigenvalue weighted by molar-refractivity contribution is 6.19. The monoisotopic (exact) mass is 329 g/mol. The molecule has 2 rings (SSSR count). The summed E-state index contributed by atoms with van der Waals surface area (Å²) in [6.45, 7) is 4.29. The Bertz CT molecular complexity index is 711. The Hall–Kier alpha value is -2.63. The highest BCUT2D eigenvalue weighted by Crippen LogP contribution is 2.32. The summed E-state index contributed by atoms with van der Waals surface area (Å²) < 4.78 is 0. The smallest absolute Gasteiger partial charge is 0.259 e. The van der Waals surface area contributed by atoms with Gasteiger partial charge in [0.15, 0.2) is 0 Å². The second-order valence-electron chi connectivity index (χ2n) is 6.16. The van der Waals surface area contributed by atoms with Crippen LogP contribution in [0.1, 0.15) is 24.5 Å². The number of carbonyl (C=O) groups is 3. The van der Waals surface area contributed by atoms with Crippen molar-refractivity contribution in [3.63, 3.8) is 0 Å². The summed E-state index contributed by atoms with van der Waals surface area (Å²) in [4.78, 5) is 38.3. The zero-order chi connectivity index (χ0) is 17.9. The second-order valence-corrected chi connectivity index (χ2v) is 6.16. The van der Waals surface area contributed by atoms with E-state index in [0.717, 1.165) is 11.1 Å². The molecule has 1 aliphatic rings. The van der Waals surface area contributed by atoms with Crippen molar-refractivity contribution in [2.45, 2.75) is 26.8 Å². The topological polar surface area (TPSA) is 92.5 Å². The fourth-order valence-electron chi connectivity index (χ4n) is 2.96. The Morgan fingerprint density at radius 3 is 2.62 bits per heavy atom. The molecule has 0 aromatic heterocycles. The maximum Gasteiger partial charge on any atom is 0.259 e.